The Morgan fingerprint density at radius 2 is 2.05 bits per heavy atom. The van der Waals surface area contributed by atoms with Crippen LogP contribution < -0.4 is 10.0 Å². The first-order valence-corrected chi connectivity index (χ1v) is 9.58. The third-order valence-corrected chi connectivity index (χ3v) is 6.70. The van der Waals surface area contributed by atoms with Crippen LogP contribution in [-0.2, 0) is 16.6 Å². The quantitative estimate of drug-likeness (QED) is 0.798. The summed E-state index contributed by atoms with van der Waals surface area (Å²) < 4.78 is 28.0. The number of hydrogen-bond donors (Lipinski definition) is 2. The lowest BCUT2D eigenvalue weighted by molar-refractivity contribution is 0.601. The van der Waals surface area contributed by atoms with Crippen molar-refractivity contribution in [2.24, 2.45) is 0 Å². The molecule has 112 valence electrons. The summed E-state index contributed by atoms with van der Waals surface area (Å²) in [6.45, 7) is 0.707. The molecule has 0 unspecified atom stereocenters. The number of hydrogen-bond acceptors (Lipinski definition) is 5. The molecule has 2 aromatic rings. The Morgan fingerprint density at radius 1 is 1.33 bits per heavy atom. The van der Waals surface area contributed by atoms with Gasteiger partial charge in [-0.1, -0.05) is 0 Å². The molecule has 0 atom stereocenters. The molecular formula is C13H14BrN3O2S2. The predicted octanol–water partition coefficient (Wildman–Crippen LogP) is 2.96. The first-order valence-electron chi connectivity index (χ1n) is 6.49. The summed E-state index contributed by atoms with van der Waals surface area (Å²) in [7, 11) is -3.59. The predicted molar refractivity (Wildman–Crippen MR) is 86.9 cm³/mol. The number of thiophene rings is 1. The van der Waals surface area contributed by atoms with Gasteiger partial charge in [0.2, 0.25) is 0 Å². The SMILES string of the molecule is O=S(=O)(Nc1ccncc1)c1cc(CNC2CC2)sc1Br. The van der Waals surface area contributed by atoms with Gasteiger partial charge in [0.15, 0.2) is 0 Å². The Kier molecular flexibility index (Phi) is 4.30. The number of nitrogens with one attached hydrogen (secondary N) is 2. The molecule has 0 aromatic carbocycles. The zero-order valence-corrected chi connectivity index (χ0v) is 14.3. The second-order valence-electron chi connectivity index (χ2n) is 4.85. The Labute approximate surface area is 136 Å². The van der Waals surface area contributed by atoms with Crippen molar-refractivity contribution in [3.05, 3.63) is 39.3 Å². The van der Waals surface area contributed by atoms with E-state index in [9.17, 15) is 8.42 Å². The zero-order valence-electron chi connectivity index (χ0n) is 11.0. The smallest absolute Gasteiger partial charge is 0.263 e. The highest BCUT2D eigenvalue weighted by molar-refractivity contribution is 9.11. The first-order chi connectivity index (χ1) is 10.0. The number of nitrogens with zero attached hydrogens (tertiary/aromatic N) is 1. The van der Waals surface area contributed by atoms with Gasteiger partial charge < -0.3 is 5.32 Å². The molecular weight excluding hydrogens is 374 g/mol. The van der Waals surface area contributed by atoms with Crippen LogP contribution in [0.4, 0.5) is 5.69 Å². The highest BCUT2D eigenvalue weighted by Gasteiger charge is 2.23. The van der Waals surface area contributed by atoms with E-state index in [1.807, 2.05) is 0 Å². The van der Waals surface area contributed by atoms with Crippen molar-refractivity contribution in [3.63, 3.8) is 0 Å². The lowest BCUT2D eigenvalue weighted by Gasteiger charge is -2.06. The van der Waals surface area contributed by atoms with Crippen molar-refractivity contribution < 1.29 is 8.42 Å². The van der Waals surface area contributed by atoms with E-state index < -0.39 is 10.0 Å². The number of halogens is 1. The van der Waals surface area contributed by atoms with Gasteiger partial charge >= 0.3 is 0 Å². The average Bonchev–Trinajstić information content (AvgIpc) is 3.19. The summed E-state index contributed by atoms with van der Waals surface area (Å²) in [6, 6.07) is 5.55. The number of pyridine rings is 1. The van der Waals surface area contributed by atoms with E-state index in [1.54, 1.807) is 30.6 Å². The molecule has 2 heterocycles. The molecule has 0 saturated heterocycles. The van der Waals surface area contributed by atoms with Crippen LogP contribution in [0, 0.1) is 0 Å². The van der Waals surface area contributed by atoms with Gasteiger partial charge in [-0.25, -0.2) is 8.42 Å². The fraction of sp³-hybridized carbons (Fsp3) is 0.308. The lowest BCUT2D eigenvalue weighted by Crippen LogP contribution is -2.15. The molecule has 0 aliphatic heterocycles. The number of anilines is 1. The van der Waals surface area contributed by atoms with Gasteiger partial charge in [-0.15, -0.1) is 11.3 Å². The van der Waals surface area contributed by atoms with Crippen LogP contribution in [0.1, 0.15) is 17.7 Å². The van der Waals surface area contributed by atoms with E-state index in [1.165, 1.54) is 24.2 Å². The minimum atomic E-state index is -3.59. The molecule has 21 heavy (non-hydrogen) atoms. The maximum Gasteiger partial charge on any atom is 0.263 e. The summed E-state index contributed by atoms with van der Waals surface area (Å²) in [5, 5.41) is 3.38. The van der Waals surface area contributed by atoms with E-state index in [0.717, 1.165) is 4.88 Å². The molecule has 0 spiro atoms. The molecule has 3 rings (SSSR count). The normalized spacial score (nSPS) is 15.1. The maximum atomic E-state index is 12.4. The van der Waals surface area contributed by atoms with Crippen molar-refractivity contribution in [2.45, 2.75) is 30.3 Å². The van der Waals surface area contributed by atoms with Gasteiger partial charge in [0, 0.05) is 29.9 Å². The summed E-state index contributed by atoms with van der Waals surface area (Å²) in [5.74, 6) is 0. The molecule has 0 amide bonds. The maximum absolute atomic E-state index is 12.4. The third kappa shape index (κ3) is 3.82. The first kappa shape index (κ1) is 15.0. The molecule has 5 nitrogen and oxygen atoms in total. The standard InChI is InChI=1S/C13H14BrN3O2S2/c14-13-12(7-11(20-13)8-16-9-1-2-9)21(18,19)17-10-3-5-15-6-4-10/h3-7,9,16H,1-2,8H2,(H,15,17). The van der Waals surface area contributed by atoms with E-state index in [4.69, 9.17) is 0 Å². The Hall–Kier alpha value is -0.960. The summed E-state index contributed by atoms with van der Waals surface area (Å²) in [5.41, 5.74) is 0.501. The highest BCUT2D eigenvalue weighted by atomic mass is 79.9. The van der Waals surface area contributed by atoms with Crippen LogP contribution in [0.2, 0.25) is 0 Å². The van der Waals surface area contributed by atoms with E-state index in [0.29, 0.717) is 22.1 Å². The monoisotopic (exact) mass is 387 g/mol. The van der Waals surface area contributed by atoms with E-state index in [2.05, 4.69) is 31.0 Å². The second kappa shape index (κ2) is 6.04. The van der Waals surface area contributed by atoms with Gasteiger partial charge in [-0.05, 0) is 47.0 Å². The minimum Gasteiger partial charge on any atom is -0.309 e. The molecule has 1 aliphatic rings. The lowest BCUT2D eigenvalue weighted by atomic mass is 10.4. The minimum absolute atomic E-state index is 0.275. The van der Waals surface area contributed by atoms with E-state index in [-0.39, 0.29) is 4.90 Å². The number of sulfonamides is 1. The molecule has 0 bridgehead atoms. The molecule has 8 heteroatoms. The average molecular weight is 388 g/mol. The highest BCUT2D eigenvalue weighted by Crippen LogP contribution is 2.33. The summed E-state index contributed by atoms with van der Waals surface area (Å²) in [4.78, 5) is 5.14. The van der Waals surface area contributed by atoms with Gasteiger partial charge in [0.05, 0.1) is 9.47 Å². The van der Waals surface area contributed by atoms with E-state index >= 15 is 0 Å². The van der Waals surface area contributed by atoms with Crippen LogP contribution in [0.5, 0.6) is 0 Å². The molecule has 2 N–H and O–H groups in total. The van der Waals surface area contributed by atoms with Crippen molar-refractivity contribution in [2.75, 3.05) is 4.72 Å². The van der Waals surface area contributed by atoms with Gasteiger partial charge in [0.1, 0.15) is 4.90 Å². The van der Waals surface area contributed by atoms with Gasteiger partial charge in [-0.3, -0.25) is 9.71 Å². The van der Waals surface area contributed by atoms with Crippen molar-refractivity contribution >= 4 is 43.0 Å². The van der Waals surface area contributed by atoms with Gasteiger partial charge in [-0.2, -0.15) is 0 Å². The van der Waals surface area contributed by atoms with Crippen molar-refractivity contribution in [3.8, 4) is 0 Å². The molecule has 2 aromatic heterocycles. The van der Waals surface area contributed by atoms with Crippen LogP contribution in [0.3, 0.4) is 0 Å². The fourth-order valence-corrected chi connectivity index (χ4v) is 5.52. The molecule has 1 saturated carbocycles. The van der Waals surface area contributed by atoms with Crippen LogP contribution >= 0.6 is 27.3 Å². The molecule has 1 aliphatic carbocycles. The van der Waals surface area contributed by atoms with Crippen LogP contribution in [0.25, 0.3) is 0 Å². The summed E-state index contributed by atoms with van der Waals surface area (Å²) >= 11 is 4.79. The molecule has 1 fully saturated rings. The van der Waals surface area contributed by atoms with Crippen LogP contribution in [-0.4, -0.2) is 19.4 Å². The Bertz CT molecular complexity index is 727. The largest absolute Gasteiger partial charge is 0.309 e. The Morgan fingerprint density at radius 3 is 2.71 bits per heavy atom. The fourth-order valence-electron chi connectivity index (χ4n) is 1.83. The van der Waals surface area contributed by atoms with Crippen molar-refractivity contribution in [1.82, 2.24) is 10.3 Å². The van der Waals surface area contributed by atoms with Crippen molar-refractivity contribution in [1.29, 1.82) is 0 Å². The zero-order chi connectivity index (χ0) is 14.9. The number of rotatable bonds is 6. The van der Waals surface area contributed by atoms with Crippen LogP contribution in [0.15, 0.2) is 39.3 Å². The summed E-state index contributed by atoms with van der Waals surface area (Å²) in [6.07, 6.45) is 5.51. The topological polar surface area (TPSA) is 71.1 Å². The Balaban J connectivity index is 1.77. The third-order valence-electron chi connectivity index (χ3n) is 3.07. The number of aromatic nitrogens is 1. The second-order valence-corrected chi connectivity index (χ2v) is 8.95. The molecule has 0 radical (unpaired) electrons. The van der Waals surface area contributed by atoms with Gasteiger partial charge in [0.25, 0.3) is 10.0 Å².